The quantitative estimate of drug-likeness (QED) is 0.220. The van der Waals surface area contributed by atoms with E-state index in [9.17, 15) is 33.9 Å². The highest BCUT2D eigenvalue weighted by molar-refractivity contribution is 5.98. The van der Waals surface area contributed by atoms with E-state index in [0.29, 0.717) is 6.42 Å². The normalized spacial score (nSPS) is 24.8. The van der Waals surface area contributed by atoms with Gasteiger partial charge in [-0.05, 0) is 43.2 Å². The molecule has 3 rings (SSSR count). The van der Waals surface area contributed by atoms with E-state index in [0.717, 1.165) is 16.5 Å². The number of benzene rings is 1. The van der Waals surface area contributed by atoms with Gasteiger partial charge in [-0.3, -0.25) is 28.8 Å². The van der Waals surface area contributed by atoms with Gasteiger partial charge in [0, 0.05) is 29.9 Å². The molecule has 0 aliphatic carbocycles. The molecule has 1 aliphatic rings. The van der Waals surface area contributed by atoms with Crippen LogP contribution in [-0.4, -0.2) is 75.8 Å². The molecule has 1 fully saturated rings. The molecule has 2 heterocycles. The maximum Gasteiger partial charge on any atom is 0.303 e. The number of aromatic nitrogens is 1. The zero-order chi connectivity index (χ0) is 32.6. The number of aromatic amines is 1. The summed E-state index contributed by atoms with van der Waals surface area (Å²) >= 11 is 0. The Bertz CT molecular complexity index is 1370. The second-order valence-electron chi connectivity index (χ2n) is 11.9. The Labute approximate surface area is 256 Å². The summed E-state index contributed by atoms with van der Waals surface area (Å²) in [5, 5.41) is 23.5. The summed E-state index contributed by atoms with van der Waals surface area (Å²) in [7, 11) is 0. The summed E-state index contributed by atoms with van der Waals surface area (Å²) in [5.74, 6) is -4.76. The standard InChI is InChI=1S/C31H44N6O7/c1-6-17(4)26-31(44)36-23(13-16(2)3)29(42)35-24(14-19-15-32-21-10-8-7-9-20(19)21)30(43)34-22(11-12-25(38)39)28(41)33-18(5)27(40)37-26/h7-10,15-18,22-24,26,32H,6,11-14H2,1-5H3,(H,33,41)(H,34,43)(H,35,42)(H,36,44)(H,37,40)(H,38,39)/t17-,18-,22-,23-,24-,26-/m0/s1. The van der Waals surface area contributed by atoms with Crippen LogP contribution in [0.2, 0.25) is 0 Å². The monoisotopic (exact) mass is 612 g/mol. The first kappa shape index (κ1) is 34.1. The molecule has 1 aliphatic heterocycles. The van der Waals surface area contributed by atoms with E-state index < -0.39 is 72.1 Å². The van der Waals surface area contributed by atoms with Crippen LogP contribution >= 0.6 is 0 Å². The van der Waals surface area contributed by atoms with E-state index in [1.165, 1.54) is 6.92 Å². The first-order chi connectivity index (χ1) is 20.8. The Balaban J connectivity index is 2.06. The second-order valence-corrected chi connectivity index (χ2v) is 11.9. The second kappa shape index (κ2) is 15.3. The lowest BCUT2D eigenvalue weighted by atomic mass is 9.96. The Kier molecular flexibility index (Phi) is 11.9. The molecule has 1 saturated heterocycles. The number of aliphatic carboxylic acids is 1. The summed E-state index contributed by atoms with van der Waals surface area (Å²) in [4.78, 5) is 81.9. The summed E-state index contributed by atoms with van der Waals surface area (Å²) < 4.78 is 0. The SMILES string of the molecule is CC[C@H](C)[C@@H]1NC(=O)[C@H](C)NC(=O)[C@H](CCC(=O)O)NC(=O)[C@H](Cc2c[nH]c3ccccc23)NC(=O)[C@H](CC(C)C)NC1=O. The van der Waals surface area contributed by atoms with Crippen LogP contribution in [0.4, 0.5) is 0 Å². The van der Waals surface area contributed by atoms with Crippen LogP contribution in [0.15, 0.2) is 30.5 Å². The number of hydrogen-bond acceptors (Lipinski definition) is 6. The molecule has 13 heteroatoms. The summed E-state index contributed by atoms with van der Waals surface area (Å²) in [5.41, 5.74) is 1.56. The van der Waals surface area contributed by atoms with Crippen molar-refractivity contribution in [2.75, 3.05) is 0 Å². The number of carbonyl (C=O) groups is 6. The average molecular weight is 613 g/mol. The van der Waals surface area contributed by atoms with Gasteiger partial charge in [0.2, 0.25) is 29.5 Å². The van der Waals surface area contributed by atoms with Gasteiger partial charge >= 0.3 is 5.97 Å². The molecule has 7 N–H and O–H groups in total. The Morgan fingerprint density at radius 3 is 2.09 bits per heavy atom. The predicted molar refractivity (Wildman–Crippen MR) is 163 cm³/mol. The van der Waals surface area contributed by atoms with Crippen molar-refractivity contribution in [2.24, 2.45) is 11.8 Å². The zero-order valence-corrected chi connectivity index (χ0v) is 25.9. The summed E-state index contributed by atoms with van der Waals surface area (Å²) in [6, 6.07) is 1.85. The van der Waals surface area contributed by atoms with Crippen LogP contribution in [0, 0.1) is 11.8 Å². The third kappa shape index (κ3) is 9.04. The third-order valence-electron chi connectivity index (χ3n) is 7.90. The summed E-state index contributed by atoms with van der Waals surface area (Å²) in [6.45, 7) is 8.87. The number of carbonyl (C=O) groups excluding carboxylic acids is 5. The maximum absolute atomic E-state index is 13.7. The van der Waals surface area contributed by atoms with Gasteiger partial charge in [-0.25, -0.2) is 0 Å². The number of H-pyrrole nitrogens is 1. The molecule has 0 saturated carbocycles. The molecule has 1 aromatic carbocycles. The van der Waals surface area contributed by atoms with Gasteiger partial charge in [0.05, 0.1) is 0 Å². The number of rotatable bonds is 9. The van der Waals surface area contributed by atoms with Crippen molar-refractivity contribution in [3.63, 3.8) is 0 Å². The van der Waals surface area contributed by atoms with E-state index in [2.05, 4.69) is 31.6 Å². The van der Waals surface area contributed by atoms with Gasteiger partial charge in [0.25, 0.3) is 0 Å². The minimum atomic E-state index is -1.31. The lowest BCUT2D eigenvalue weighted by molar-refractivity contribution is -0.138. The van der Waals surface area contributed by atoms with Crippen molar-refractivity contribution in [1.29, 1.82) is 0 Å². The number of para-hydroxylation sites is 1. The molecule has 0 spiro atoms. The molecular weight excluding hydrogens is 568 g/mol. The van der Waals surface area contributed by atoms with Gasteiger partial charge in [-0.1, -0.05) is 52.3 Å². The number of amides is 5. The highest BCUT2D eigenvalue weighted by Gasteiger charge is 2.35. The Morgan fingerprint density at radius 2 is 1.43 bits per heavy atom. The largest absolute Gasteiger partial charge is 0.481 e. The molecule has 0 unspecified atom stereocenters. The molecule has 240 valence electrons. The highest BCUT2D eigenvalue weighted by atomic mass is 16.4. The lowest BCUT2D eigenvalue weighted by Gasteiger charge is -2.28. The average Bonchev–Trinajstić information content (AvgIpc) is 3.38. The van der Waals surface area contributed by atoms with Crippen LogP contribution < -0.4 is 26.6 Å². The van der Waals surface area contributed by atoms with E-state index in [-0.39, 0.29) is 31.1 Å². The molecule has 0 radical (unpaired) electrons. The maximum atomic E-state index is 13.7. The van der Waals surface area contributed by atoms with E-state index in [4.69, 9.17) is 0 Å². The van der Waals surface area contributed by atoms with Crippen molar-refractivity contribution < 1.29 is 33.9 Å². The number of nitrogens with one attached hydrogen (secondary N) is 6. The van der Waals surface area contributed by atoms with Gasteiger partial charge in [0.15, 0.2) is 0 Å². The van der Waals surface area contributed by atoms with E-state index in [1.807, 2.05) is 45.0 Å². The van der Waals surface area contributed by atoms with Crippen LogP contribution in [0.5, 0.6) is 0 Å². The highest BCUT2D eigenvalue weighted by Crippen LogP contribution is 2.20. The number of hydrogen-bond donors (Lipinski definition) is 7. The summed E-state index contributed by atoms with van der Waals surface area (Å²) in [6.07, 6.45) is 1.91. The fourth-order valence-corrected chi connectivity index (χ4v) is 5.14. The van der Waals surface area contributed by atoms with Gasteiger partial charge in [-0.2, -0.15) is 0 Å². The number of carboxylic acid groups (broad SMARTS) is 1. The van der Waals surface area contributed by atoms with Crippen molar-refractivity contribution in [1.82, 2.24) is 31.6 Å². The van der Waals surface area contributed by atoms with Crippen molar-refractivity contribution >= 4 is 46.4 Å². The predicted octanol–water partition coefficient (Wildman–Crippen LogP) is 1.12. The smallest absolute Gasteiger partial charge is 0.303 e. The minimum absolute atomic E-state index is 0.00656. The number of fused-ring (bicyclic) bond motifs is 1. The molecule has 2 aromatic rings. The number of carboxylic acids is 1. The molecule has 13 nitrogen and oxygen atoms in total. The van der Waals surface area contributed by atoms with Crippen LogP contribution in [0.3, 0.4) is 0 Å². The topological polar surface area (TPSA) is 199 Å². The Morgan fingerprint density at radius 1 is 0.818 bits per heavy atom. The van der Waals surface area contributed by atoms with Crippen LogP contribution in [0.25, 0.3) is 10.9 Å². The van der Waals surface area contributed by atoms with Crippen LogP contribution in [-0.2, 0) is 35.2 Å². The fourth-order valence-electron chi connectivity index (χ4n) is 5.14. The van der Waals surface area contributed by atoms with Crippen molar-refractivity contribution in [3.05, 3.63) is 36.0 Å². The molecule has 6 atom stereocenters. The molecule has 1 aromatic heterocycles. The molecule has 5 amide bonds. The first-order valence-corrected chi connectivity index (χ1v) is 15.1. The van der Waals surface area contributed by atoms with Crippen molar-refractivity contribution in [3.8, 4) is 0 Å². The zero-order valence-electron chi connectivity index (χ0n) is 25.9. The van der Waals surface area contributed by atoms with Gasteiger partial charge in [-0.15, -0.1) is 0 Å². The van der Waals surface area contributed by atoms with E-state index in [1.54, 1.807) is 13.1 Å². The van der Waals surface area contributed by atoms with E-state index >= 15 is 0 Å². The molecule has 0 bridgehead atoms. The Hall–Kier alpha value is -4.42. The fraction of sp³-hybridized carbons (Fsp3) is 0.548. The lowest BCUT2D eigenvalue weighted by Crippen LogP contribution is -2.59. The van der Waals surface area contributed by atoms with Gasteiger partial charge < -0.3 is 36.7 Å². The minimum Gasteiger partial charge on any atom is -0.481 e. The molecular formula is C31H44N6O7. The van der Waals surface area contributed by atoms with Gasteiger partial charge in [0.1, 0.15) is 30.2 Å². The molecule has 44 heavy (non-hydrogen) atoms. The third-order valence-corrected chi connectivity index (χ3v) is 7.90. The first-order valence-electron chi connectivity index (χ1n) is 15.1. The van der Waals surface area contributed by atoms with Crippen LogP contribution in [0.1, 0.15) is 65.9 Å². The van der Waals surface area contributed by atoms with Crippen molar-refractivity contribution in [2.45, 2.75) is 96.9 Å².